The maximum atomic E-state index is 4.02. The van der Waals surface area contributed by atoms with Crippen LogP contribution in [-0.2, 0) is 0 Å². The lowest BCUT2D eigenvalue weighted by Crippen LogP contribution is -2.18. The van der Waals surface area contributed by atoms with Gasteiger partial charge in [0.15, 0.2) is 0 Å². The third-order valence-corrected chi connectivity index (χ3v) is 1.36. The number of fused-ring (bicyclic) bond motifs is 1. The van der Waals surface area contributed by atoms with Crippen LogP contribution >= 0.6 is 0 Å². The van der Waals surface area contributed by atoms with Crippen molar-refractivity contribution in [3.63, 3.8) is 0 Å². The molecule has 2 heterocycles. The fraction of sp³-hybridized carbons (Fsp3) is 0.143. The minimum Gasteiger partial charge on any atom is -0.269 e. The summed E-state index contributed by atoms with van der Waals surface area (Å²) < 4.78 is 0. The molecule has 0 spiro atoms. The summed E-state index contributed by atoms with van der Waals surface area (Å²) in [5.74, 6) is 0. The zero-order valence-electron chi connectivity index (χ0n) is 5.36. The molecular weight excluding hydrogens is 126 g/mol. The molecule has 10 heavy (non-hydrogen) atoms. The molecule has 2 aliphatic rings. The van der Waals surface area contributed by atoms with Crippen molar-refractivity contribution < 1.29 is 0 Å². The molecule has 0 amide bonds. The lowest BCUT2D eigenvalue weighted by Gasteiger charge is -2.18. The average Bonchev–Trinajstić information content (AvgIpc) is 2.05. The van der Waals surface area contributed by atoms with Gasteiger partial charge in [-0.05, 0) is 18.2 Å². The zero-order chi connectivity index (χ0) is 6.81. The molecule has 0 fully saturated rings. The molecule has 0 saturated heterocycles. The SMILES string of the molecule is [C]1=NN2C=NCC=C2C=C1. The summed E-state index contributed by atoms with van der Waals surface area (Å²) in [6.07, 6.45) is 10.2. The summed E-state index contributed by atoms with van der Waals surface area (Å²) in [5, 5.41) is 5.63. The Kier molecular flexibility index (Phi) is 1.13. The number of nitrogens with zero attached hydrogens (tertiary/aromatic N) is 3. The van der Waals surface area contributed by atoms with E-state index in [1.165, 1.54) is 0 Å². The van der Waals surface area contributed by atoms with Crippen LogP contribution in [0.15, 0.2) is 34.0 Å². The second-order valence-electron chi connectivity index (χ2n) is 2.02. The minimum absolute atomic E-state index is 0.756. The predicted molar refractivity (Wildman–Crippen MR) is 39.9 cm³/mol. The first-order chi connectivity index (χ1) is 4.97. The van der Waals surface area contributed by atoms with E-state index >= 15 is 0 Å². The van der Waals surface area contributed by atoms with Gasteiger partial charge in [0, 0.05) is 0 Å². The van der Waals surface area contributed by atoms with Crippen LogP contribution in [0.25, 0.3) is 0 Å². The van der Waals surface area contributed by atoms with Gasteiger partial charge < -0.3 is 0 Å². The van der Waals surface area contributed by atoms with E-state index in [1.807, 2.05) is 12.2 Å². The largest absolute Gasteiger partial charge is 0.269 e. The molecule has 2 rings (SSSR count). The monoisotopic (exact) mass is 132 g/mol. The van der Waals surface area contributed by atoms with Crippen LogP contribution in [0.4, 0.5) is 0 Å². The van der Waals surface area contributed by atoms with Crippen LogP contribution < -0.4 is 0 Å². The Morgan fingerprint density at radius 3 is 3.50 bits per heavy atom. The smallest absolute Gasteiger partial charge is 0.112 e. The summed E-state index contributed by atoms with van der Waals surface area (Å²) in [7, 11) is 0. The van der Waals surface area contributed by atoms with E-state index < -0.39 is 0 Å². The van der Waals surface area contributed by atoms with Gasteiger partial charge in [-0.15, -0.1) is 0 Å². The normalized spacial score (nSPS) is 20.8. The van der Waals surface area contributed by atoms with Gasteiger partial charge in [-0.1, -0.05) is 0 Å². The number of aliphatic imine (C=N–C) groups is 1. The van der Waals surface area contributed by atoms with Crippen LogP contribution in [0.3, 0.4) is 0 Å². The van der Waals surface area contributed by atoms with E-state index in [0.717, 1.165) is 12.2 Å². The first-order valence-corrected chi connectivity index (χ1v) is 3.09. The van der Waals surface area contributed by atoms with Crippen molar-refractivity contribution >= 4 is 12.6 Å². The van der Waals surface area contributed by atoms with Crippen LogP contribution in [-0.4, -0.2) is 24.1 Å². The molecule has 0 atom stereocenters. The number of hydrogen-bond donors (Lipinski definition) is 0. The Morgan fingerprint density at radius 1 is 1.60 bits per heavy atom. The Labute approximate surface area is 59.1 Å². The summed E-state index contributed by atoms with van der Waals surface area (Å²) in [6.45, 7) is 0.756. The van der Waals surface area contributed by atoms with Crippen molar-refractivity contribution in [1.29, 1.82) is 0 Å². The van der Waals surface area contributed by atoms with Crippen molar-refractivity contribution in [2.45, 2.75) is 0 Å². The van der Waals surface area contributed by atoms with E-state index in [0.29, 0.717) is 0 Å². The molecule has 49 valence electrons. The zero-order valence-corrected chi connectivity index (χ0v) is 5.36. The van der Waals surface area contributed by atoms with Gasteiger partial charge in [0.05, 0.1) is 12.2 Å². The van der Waals surface area contributed by atoms with E-state index in [-0.39, 0.29) is 0 Å². The number of hydrogen-bond acceptors (Lipinski definition) is 3. The van der Waals surface area contributed by atoms with Gasteiger partial charge in [-0.25, -0.2) is 5.01 Å². The lowest BCUT2D eigenvalue weighted by molar-refractivity contribution is 0.572. The second kappa shape index (κ2) is 2.10. The van der Waals surface area contributed by atoms with Crippen molar-refractivity contribution in [3.05, 3.63) is 23.9 Å². The highest BCUT2D eigenvalue weighted by atomic mass is 15.5. The highest BCUT2D eigenvalue weighted by Crippen LogP contribution is 2.10. The van der Waals surface area contributed by atoms with Crippen molar-refractivity contribution in [3.8, 4) is 0 Å². The number of hydrazone groups is 1. The molecule has 0 bridgehead atoms. The van der Waals surface area contributed by atoms with Crippen LogP contribution in [0.1, 0.15) is 0 Å². The molecular formula is C7H6N3. The quantitative estimate of drug-likeness (QED) is 0.475. The summed E-state index contributed by atoms with van der Waals surface area (Å²) in [6, 6.07) is 0. The highest BCUT2D eigenvalue weighted by molar-refractivity contribution is 5.76. The third-order valence-electron chi connectivity index (χ3n) is 1.36. The highest BCUT2D eigenvalue weighted by Gasteiger charge is 2.06. The number of allylic oxidation sites excluding steroid dienone is 2. The summed E-state index contributed by atoms with van der Waals surface area (Å²) in [4.78, 5) is 4.02. The first kappa shape index (κ1) is 5.41. The van der Waals surface area contributed by atoms with Crippen molar-refractivity contribution in [2.75, 3.05) is 6.54 Å². The summed E-state index contributed by atoms with van der Waals surface area (Å²) >= 11 is 0. The van der Waals surface area contributed by atoms with Crippen LogP contribution in [0, 0.1) is 0 Å². The van der Waals surface area contributed by atoms with Gasteiger partial charge in [0.2, 0.25) is 0 Å². The molecule has 0 aromatic rings. The first-order valence-electron chi connectivity index (χ1n) is 3.09. The molecule has 0 aliphatic carbocycles. The van der Waals surface area contributed by atoms with E-state index in [9.17, 15) is 0 Å². The van der Waals surface area contributed by atoms with E-state index in [1.54, 1.807) is 17.4 Å². The van der Waals surface area contributed by atoms with Gasteiger partial charge in [-0.3, -0.25) is 4.99 Å². The molecule has 0 unspecified atom stereocenters. The Morgan fingerprint density at radius 2 is 2.60 bits per heavy atom. The minimum atomic E-state index is 0.756. The average molecular weight is 132 g/mol. The standard InChI is InChI=1S/C7H6N3/c1-2-7-3-5-8-6-10(7)9-4-1/h1-3,6H,5H2. The van der Waals surface area contributed by atoms with E-state index in [4.69, 9.17) is 0 Å². The van der Waals surface area contributed by atoms with Crippen molar-refractivity contribution in [1.82, 2.24) is 5.01 Å². The molecule has 3 nitrogen and oxygen atoms in total. The Bertz CT molecular complexity index is 248. The molecule has 0 aromatic heterocycles. The maximum absolute atomic E-state index is 4.02. The summed E-state index contributed by atoms with van der Waals surface area (Å²) in [5.41, 5.74) is 1.08. The number of rotatable bonds is 0. The molecule has 0 N–H and O–H groups in total. The van der Waals surface area contributed by atoms with Gasteiger partial charge in [0.25, 0.3) is 0 Å². The molecule has 3 heteroatoms. The topological polar surface area (TPSA) is 28.0 Å². The fourth-order valence-corrected chi connectivity index (χ4v) is 0.877. The van der Waals surface area contributed by atoms with Crippen LogP contribution in [0.5, 0.6) is 0 Å². The Balaban J connectivity index is 2.33. The van der Waals surface area contributed by atoms with E-state index in [2.05, 4.69) is 16.3 Å². The molecule has 1 radical (unpaired) electrons. The molecule has 0 saturated carbocycles. The van der Waals surface area contributed by atoms with Gasteiger partial charge in [-0.2, -0.15) is 5.10 Å². The third kappa shape index (κ3) is 0.757. The van der Waals surface area contributed by atoms with Crippen molar-refractivity contribution in [2.24, 2.45) is 10.1 Å². The van der Waals surface area contributed by atoms with Gasteiger partial charge >= 0.3 is 0 Å². The molecule has 2 aliphatic heterocycles. The van der Waals surface area contributed by atoms with Gasteiger partial charge in [0.1, 0.15) is 12.6 Å². The second-order valence-corrected chi connectivity index (χ2v) is 2.02. The predicted octanol–water partition coefficient (Wildman–Crippen LogP) is 0.647. The van der Waals surface area contributed by atoms with Crippen LogP contribution in [0.2, 0.25) is 0 Å². The maximum Gasteiger partial charge on any atom is 0.112 e. The Hall–Kier alpha value is -1.38. The lowest BCUT2D eigenvalue weighted by atomic mass is 10.3. The molecule has 0 aromatic carbocycles. The fourth-order valence-electron chi connectivity index (χ4n) is 0.877.